The molecule has 0 aliphatic heterocycles. The zero-order chi connectivity index (χ0) is 21.1. The Morgan fingerprint density at radius 2 is 1.87 bits per heavy atom. The molecule has 4 aromatic rings. The number of anilines is 1. The van der Waals surface area contributed by atoms with E-state index in [1.54, 1.807) is 12.1 Å². The molecule has 0 fully saturated rings. The first-order valence-corrected chi connectivity index (χ1v) is 9.29. The molecule has 0 aliphatic carbocycles. The van der Waals surface area contributed by atoms with Gasteiger partial charge in [-0.2, -0.15) is 0 Å². The average Bonchev–Trinajstić information content (AvgIpc) is 3.08. The SMILES string of the molecule is Cc1nc2cc(NC(=O)/C=C/c3cccc([N+](=O)[O-])c3)ccc2n1-c1ccccc1. The number of imidazole rings is 1. The number of hydrogen-bond acceptors (Lipinski definition) is 4. The van der Waals surface area contributed by atoms with Crippen molar-refractivity contribution in [3.63, 3.8) is 0 Å². The van der Waals surface area contributed by atoms with Crippen LogP contribution in [0.25, 0.3) is 22.8 Å². The Labute approximate surface area is 172 Å². The Kier molecular flexibility index (Phi) is 5.09. The number of para-hydroxylation sites is 1. The fourth-order valence-electron chi connectivity index (χ4n) is 3.28. The number of carbonyl (C=O) groups excluding carboxylic acids is 1. The fraction of sp³-hybridized carbons (Fsp3) is 0.0435. The van der Waals surface area contributed by atoms with Gasteiger partial charge in [-0.1, -0.05) is 30.3 Å². The fourth-order valence-corrected chi connectivity index (χ4v) is 3.28. The van der Waals surface area contributed by atoms with Crippen LogP contribution in [0.1, 0.15) is 11.4 Å². The number of aryl methyl sites for hydroxylation is 1. The van der Waals surface area contributed by atoms with Gasteiger partial charge in [-0.05, 0) is 48.9 Å². The molecule has 7 heteroatoms. The summed E-state index contributed by atoms with van der Waals surface area (Å²) in [5, 5.41) is 13.7. The van der Waals surface area contributed by atoms with E-state index in [-0.39, 0.29) is 11.6 Å². The number of amides is 1. The van der Waals surface area contributed by atoms with E-state index >= 15 is 0 Å². The number of carbonyl (C=O) groups is 1. The molecule has 1 N–H and O–H groups in total. The third-order valence-electron chi connectivity index (χ3n) is 4.61. The van der Waals surface area contributed by atoms with Crippen molar-refractivity contribution in [3.8, 4) is 5.69 Å². The molecule has 0 unspecified atom stereocenters. The van der Waals surface area contributed by atoms with Gasteiger partial charge in [0.15, 0.2) is 0 Å². The average molecular weight is 398 g/mol. The van der Waals surface area contributed by atoms with Crippen molar-refractivity contribution in [2.75, 3.05) is 5.32 Å². The van der Waals surface area contributed by atoms with Gasteiger partial charge in [-0.15, -0.1) is 0 Å². The number of nitro groups is 1. The van der Waals surface area contributed by atoms with E-state index in [1.807, 2.05) is 55.5 Å². The Morgan fingerprint density at radius 3 is 2.63 bits per heavy atom. The van der Waals surface area contributed by atoms with Gasteiger partial charge in [0.2, 0.25) is 5.91 Å². The summed E-state index contributed by atoms with van der Waals surface area (Å²) in [4.78, 5) is 27.3. The summed E-state index contributed by atoms with van der Waals surface area (Å²) >= 11 is 0. The van der Waals surface area contributed by atoms with Gasteiger partial charge >= 0.3 is 0 Å². The lowest BCUT2D eigenvalue weighted by molar-refractivity contribution is -0.384. The molecule has 0 saturated carbocycles. The molecule has 0 bridgehead atoms. The van der Waals surface area contributed by atoms with Crippen molar-refractivity contribution in [3.05, 3.63) is 100 Å². The highest BCUT2D eigenvalue weighted by molar-refractivity contribution is 6.02. The van der Waals surface area contributed by atoms with Crippen molar-refractivity contribution < 1.29 is 9.72 Å². The van der Waals surface area contributed by atoms with Crippen molar-refractivity contribution in [1.82, 2.24) is 9.55 Å². The molecule has 0 radical (unpaired) electrons. The van der Waals surface area contributed by atoms with Gasteiger partial charge in [0.05, 0.1) is 16.0 Å². The van der Waals surface area contributed by atoms with E-state index in [1.165, 1.54) is 24.3 Å². The predicted molar refractivity (Wildman–Crippen MR) is 117 cm³/mol. The lowest BCUT2D eigenvalue weighted by Crippen LogP contribution is -2.07. The number of non-ortho nitro benzene ring substituents is 1. The first-order valence-electron chi connectivity index (χ1n) is 9.29. The number of aromatic nitrogens is 2. The molecule has 148 valence electrons. The first kappa shape index (κ1) is 19.1. The molecular formula is C23H18N4O3. The number of hydrogen-bond donors (Lipinski definition) is 1. The second-order valence-corrected chi connectivity index (χ2v) is 6.71. The second kappa shape index (κ2) is 8.00. The predicted octanol–water partition coefficient (Wildman–Crippen LogP) is 4.89. The van der Waals surface area contributed by atoms with E-state index in [0.717, 1.165) is 22.5 Å². The van der Waals surface area contributed by atoms with Gasteiger partial charge in [-0.25, -0.2) is 4.98 Å². The number of benzene rings is 3. The number of nitro benzene ring substituents is 1. The van der Waals surface area contributed by atoms with E-state index in [0.29, 0.717) is 11.3 Å². The Hall–Kier alpha value is -4.26. The smallest absolute Gasteiger partial charge is 0.270 e. The third kappa shape index (κ3) is 3.95. The van der Waals surface area contributed by atoms with Crippen LogP contribution in [0.2, 0.25) is 0 Å². The van der Waals surface area contributed by atoms with Crippen LogP contribution in [0.15, 0.2) is 78.9 Å². The van der Waals surface area contributed by atoms with E-state index in [4.69, 9.17) is 0 Å². The van der Waals surface area contributed by atoms with Crippen molar-refractivity contribution in [1.29, 1.82) is 0 Å². The number of rotatable bonds is 5. The summed E-state index contributed by atoms with van der Waals surface area (Å²) in [5.74, 6) is 0.519. The summed E-state index contributed by atoms with van der Waals surface area (Å²) in [7, 11) is 0. The third-order valence-corrected chi connectivity index (χ3v) is 4.61. The van der Waals surface area contributed by atoms with Gasteiger partial charge in [-0.3, -0.25) is 19.5 Å². The molecule has 3 aromatic carbocycles. The summed E-state index contributed by atoms with van der Waals surface area (Å²) < 4.78 is 2.06. The Balaban J connectivity index is 1.54. The summed E-state index contributed by atoms with van der Waals surface area (Å²) in [6.07, 6.45) is 2.88. The maximum Gasteiger partial charge on any atom is 0.270 e. The standard InChI is InChI=1S/C23H18N4O3/c1-16-24-21-15-18(11-12-22(21)26(16)19-7-3-2-4-8-19)25-23(28)13-10-17-6-5-9-20(14-17)27(29)30/h2-15H,1H3,(H,25,28)/b13-10+. The molecule has 1 heterocycles. The first-order chi connectivity index (χ1) is 14.5. The van der Waals surface area contributed by atoms with Crippen LogP contribution in [0, 0.1) is 17.0 Å². The van der Waals surface area contributed by atoms with Gasteiger partial charge < -0.3 is 5.32 Å². The van der Waals surface area contributed by atoms with Crippen LogP contribution in [-0.4, -0.2) is 20.4 Å². The molecular weight excluding hydrogens is 380 g/mol. The van der Waals surface area contributed by atoms with Crippen molar-refractivity contribution in [2.45, 2.75) is 6.92 Å². The quantitative estimate of drug-likeness (QED) is 0.294. The van der Waals surface area contributed by atoms with Crippen molar-refractivity contribution in [2.24, 2.45) is 0 Å². The van der Waals surface area contributed by atoms with Crippen LogP contribution in [0.5, 0.6) is 0 Å². The molecule has 7 nitrogen and oxygen atoms in total. The van der Waals surface area contributed by atoms with Crippen LogP contribution in [-0.2, 0) is 4.79 Å². The van der Waals surface area contributed by atoms with E-state index in [9.17, 15) is 14.9 Å². The Morgan fingerprint density at radius 1 is 1.07 bits per heavy atom. The van der Waals surface area contributed by atoms with Gasteiger partial charge in [0, 0.05) is 29.6 Å². The molecule has 1 aromatic heterocycles. The largest absolute Gasteiger partial charge is 0.322 e. The highest BCUT2D eigenvalue weighted by atomic mass is 16.6. The number of nitrogens with zero attached hydrogens (tertiary/aromatic N) is 3. The van der Waals surface area contributed by atoms with Crippen molar-refractivity contribution >= 4 is 34.4 Å². The van der Waals surface area contributed by atoms with Crippen LogP contribution < -0.4 is 5.32 Å². The lowest BCUT2D eigenvalue weighted by atomic mass is 10.2. The van der Waals surface area contributed by atoms with Gasteiger partial charge in [0.25, 0.3) is 5.69 Å². The lowest BCUT2D eigenvalue weighted by Gasteiger charge is -2.07. The zero-order valence-corrected chi connectivity index (χ0v) is 16.1. The topological polar surface area (TPSA) is 90.1 Å². The monoisotopic (exact) mass is 398 g/mol. The normalized spacial score (nSPS) is 11.1. The molecule has 30 heavy (non-hydrogen) atoms. The Bertz CT molecular complexity index is 1280. The summed E-state index contributed by atoms with van der Waals surface area (Å²) in [5.41, 5.74) is 3.92. The summed E-state index contributed by atoms with van der Waals surface area (Å²) in [6.45, 7) is 1.94. The molecule has 4 rings (SSSR count). The second-order valence-electron chi connectivity index (χ2n) is 6.71. The maximum atomic E-state index is 12.3. The minimum Gasteiger partial charge on any atom is -0.322 e. The number of nitrogens with one attached hydrogen (secondary N) is 1. The van der Waals surface area contributed by atoms with Crippen LogP contribution >= 0.6 is 0 Å². The minimum absolute atomic E-state index is 0.0209. The number of fused-ring (bicyclic) bond motifs is 1. The molecule has 0 atom stereocenters. The molecule has 1 amide bonds. The van der Waals surface area contributed by atoms with E-state index in [2.05, 4.69) is 14.9 Å². The van der Waals surface area contributed by atoms with Crippen LogP contribution in [0.4, 0.5) is 11.4 Å². The highest BCUT2D eigenvalue weighted by Crippen LogP contribution is 2.24. The molecule has 0 saturated heterocycles. The van der Waals surface area contributed by atoms with Crippen LogP contribution in [0.3, 0.4) is 0 Å². The highest BCUT2D eigenvalue weighted by Gasteiger charge is 2.10. The minimum atomic E-state index is -0.469. The summed E-state index contributed by atoms with van der Waals surface area (Å²) in [6, 6.07) is 21.6. The zero-order valence-electron chi connectivity index (χ0n) is 16.1. The molecule has 0 spiro atoms. The molecule has 0 aliphatic rings. The maximum absolute atomic E-state index is 12.3. The van der Waals surface area contributed by atoms with Gasteiger partial charge in [0.1, 0.15) is 5.82 Å². The van der Waals surface area contributed by atoms with E-state index < -0.39 is 4.92 Å².